The van der Waals surface area contributed by atoms with Crippen LogP contribution < -0.4 is 4.74 Å². The molecule has 1 aliphatic carbocycles. The first-order valence-electron chi connectivity index (χ1n) is 11.4. The van der Waals surface area contributed by atoms with E-state index in [0.29, 0.717) is 17.4 Å². The van der Waals surface area contributed by atoms with Crippen LogP contribution in [0.2, 0.25) is 0 Å². The van der Waals surface area contributed by atoms with Gasteiger partial charge < -0.3 is 4.74 Å². The Labute approximate surface area is 197 Å². The van der Waals surface area contributed by atoms with E-state index in [1.165, 1.54) is 16.7 Å². The summed E-state index contributed by atoms with van der Waals surface area (Å²) in [6.07, 6.45) is 4.92. The first-order chi connectivity index (χ1) is 16.1. The minimum atomic E-state index is -0.0723. The number of likely N-dealkylation sites (tertiary alicyclic amines) is 1. The van der Waals surface area contributed by atoms with E-state index in [1.807, 2.05) is 38.2 Å². The van der Waals surface area contributed by atoms with Gasteiger partial charge in [0.25, 0.3) is 0 Å². The summed E-state index contributed by atoms with van der Waals surface area (Å²) in [6.45, 7) is 5.60. The Hall–Kier alpha value is -3.08. The fraction of sp³-hybridized carbons (Fsp3) is 0.385. The molecular formula is C26H26N4O2S. The molecule has 2 unspecified atom stereocenters. The van der Waals surface area contributed by atoms with Crippen LogP contribution in [0.1, 0.15) is 49.4 Å². The second-order valence-corrected chi connectivity index (χ2v) is 10.0. The van der Waals surface area contributed by atoms with Crippen LogP contribution in [0.25, 0.3) is 21.0 Å². The van der Waals surface area contributed by atoms with Gasteiger partial charge in [-0.1, -0.05) is 23.4 Å². The number of hydrogen-bond acceptors (Lipinski definition) is 7. The highest BCUT2D eigenvalue weighted by Gasteiger charge is 2.34. The Morgan fingerprint density at radius 2 is 2.15 bits per heavy atom. The van der Waals surface area contributed by atoms with Crippen molar-refractivity contribution in [2.24, 2.45) is 5.18 Å². The number of ether oxygens (including phenoxy) is 1. The fourth-order valence-electron chi connectivity index (χ4n) is 5.02. The maximum absolute atomic E-state index is 11.0. The summed E-state index contributed by atoms with van der Waals surface area (Å²) in [4.78, 5) is 19.2. The van der Waals surface area contributed by atoms with Crippen LogP contribution in [0.5, 0.6) is 5.75 Å². The summed E-state index contributed by atoms with van der Waals surface area (Å²) in [7, 11) is 0. The highest BCUT2D eigenvalue weighted by molar-refractivity contribution is 7.18. The minimum absolute atomic E-state index is 0.0135. The Kier molecular flexibility index (Phi) is 5.96. The molecule has 0 saturated carbocycles. The maximum atomic E-state index is 11.0. The van der Waals surface area contributed by atoms with Crippen molar-refractivity contribution in [2.45, 2.75) is 51.3 Å². The number of nitriles is 1. The molecule has 2 aromatic carbocycles. The molecule has 2 atom stereocenters. The summed E-state index contributed by atoms with van der Waals surface area (Å²) in [6, 6.07) is 14.8. The van der Waals surface area contributed by atoms with E-state index >= 15 is 0 Å². The number of aromatic nitrogens is 1. The van der Waals surface area contributed by atoms with E-state index in [4.69, 9.17) is 4.74 Å². The summed E-state index contributed by atoms with van der Waals surface area (Å²) in [5, 5.41) is 13.7. The lowest BCUT2D eigenvalue weighted by Gasteiger charge is -2.24. The van der Waals surface area contributed by atoms with Crippen LogP contribution in [0, 0.1) is 16.2 Å². The van der Waals surface area contributed by atoms with E-state index in [1.54, 1.807) is 11.3 Å². The van der Waals surface area contributed by atoms with Crippen LogP contribution in [0.3, 0.4) is 0 Å². The van der Waals surface area contributed by atoms with Crippen molar-refractivity contribution < 1.29 is 4.74 Å². The standard InChI is InChI=1S/C26H26N4O2S/c1-16(2)32-24-9-6-17(12-18(24)13-27)26-28-14-25(33-26)22-5-3-4-21-20(22)7-8-23(21)30-11-10-19(15-30)29-31/h3-6,9,12,14,16,19,23H,7-8,10-11,15H2,1-2H3. The Bertz CT molecular complexity index is 1230. The molecule has 0 spiro atoms. The molecule has 5 rings (SSSR count). The number of hydrogen-bond donors (Lipinski definition) is 0. The van der Waals surface area contributed by atoms with Gasteiger partial charge in [-0.3, -0.25) is 4.90 Å². The van der Waals surface area contributed by atoms with Crippen molar-refractivity contribution in [2.75, 3.05) is 13.1 Å². The third-order valence-corrected chi connectivity index (χ3v) is 7.58. The molecule has 3 aromatic rings. The second kappa shape index (κ2) is 9.05. The molecule has 7 heteroatoms. The molecule has 1 aliphatic heterocycles. The van der Waals surface area contributed by atoms with Crippen molar-refractivity contribution in [3.63, 3.8) is 0 Å². The van der Waals surface area contributed by atoms with Crippen LogP contribution in [-0.2, 0) is 6.42 Å². The number of benzene rings is 2. The lowest BCUT2D eigenvalue weighted by atomic mass is 10.0. The number of fused-ring (bicyclic) bond motifs is 1. The first kappa shape index (κ1) is 21.7. The predicted molar refractivity (Wildman–Crippen MR) is 130 cm³/mol. The van der Waals surface area contributed by atoms with Crippen LogP contribution in [0.15, 0.2) is 47.8 Å². The first-order valence-corrected chi connectivity index (χ1v) is 12.2. The summed E-state index contributed by atoms with van der Waals surface area (Å²) in [5.41, 5.74) is 5.45. The molecule has 0 radical (unpaired) electrons. The van der Waals surface area contributed by atoms with E-state index in [2.05, 4.69) is 39.3 Å². The monoisotopic (exact) mass is 458 g/mol. The highest BCUT2D eigenvalue weighted by Crippen LogP contribution is 2.44. The largest absolute Gasteiger partial charge is 0.490 e. The van der Waals surface area contributed by atoms with Crippen molar-refractivity contribution in [1.82, 2.24) is 9.88 Å². The quantitative estimate of drug-likeness (QED) is 0.426. The van der Waals surface area contributed by atoms with Gasteiger partial charge in [0.05, 0.1) is 16.5 Å². The Morgan fingerprint density at radius 3 is 2.91 bits per heavy atom. The van der Waals surface area contributed by atoms with E-state index < -0.39 is 0 Å². The molecular weight excluding hydrogens is 432 g/mol. The molecule has 0 bridgehead atoms. The van der Waals surface area contributed by atoms with E-state index in [-0.39, 0.29) is 12.1 Å². The third kappa shape index (κ3) is 4.17. The lowest BCUT2D eigenvalue weighted by molar-refractivity contribution is 0.242. The number of nitroso groups, excluding NO2 is 1. The zero-order valence-electron chi connectivity index (χ0n) is 18.8. The molecule has 2 heterocycles. The zero-order chi connectivity index (χ0) is 22.9. The van der Waals surface area contributed by atoms with Crippen molar-refractivity contribution in [1.29, 1.82) is 5.26 Å². The normalized spacial score (nSPS) is 20.1. The van der Waals surface area contributed by atoms with Gasteiger partial charge >= 0.3 is 0 Å². The molecule has 0 N–H and O–H groups in total. The topological polar surface area (TPSA) is 78.6 Å². The summed E-state index contributed by atoms with van der Waals surface area (Å²) < 4.78 is 5.75. The maximum Gasteiger partial charge on any atom is 0.137 e. The summed E-state index contributed by atoms with van der Waals surface area (Å²) >= 11 is 1.65. The lowest BCUT2D eigenvalue weighted by Crippen LogP contribution is -2.25. The smallest absolute Gasteiger partial charge is 0.137 e. The van der Waals surface area contributed by atoms with Gasteiger partial charge in [0.1, 0.15) is 22.9 Å². The van der Waals surface area contributed by atoms with Crippen molar-refractivity contribution >= 4 is 11.3 Å². The molecule has 1 fully saturated rings. The molecule has 1 saturated heterocycles. The Balaban J connectivity index is 1.43. The molecule has 2 aliphatic rings. The van der Waals surface area contributed by atoms with Gasteiger partial charge in [-0.2, -0.15) is 10.2 Å². The number of thiazole rings is 1. The zero-order valence-corrected chi connectivity index (χ0v) is 19.6. The van der Waals surface area contributed by atoms with Gasteiger partial charge in [0.15, 0.2) is 0 Å². The van der Waals surface area contributed by atoms with Crippen molar-refractivity contribution in [3.8, 4) is 32.8 Å². The molecule has 33 heavy (non-hydrogen) atoms. The third-order valence-electron chi connectivity index (χ3n) is 6.50. The molecule has 1 aromatic heterocycles. The number of nitrogens with zero attached hydrogens (tertiary/aromatic N) is 4. The fourth-order valence-corrected chi connectivity index (χ4v) is 5.98. The van der Waals surface area contributed by atoms with Gasteiger partial charge in [-0.15, -0.1) is 11.3 Å². The average molecular weight is 459 g/mol. The predicted octanol–water partition coefficient (Wildman–Crippen LogP) is 5.96. The molecule has 6 nitrogen and oxygen atoms in total. The SMILES string of the molecule is CC(C)Oc1ccc(-c2ncc(-c3cccc4c3CCC4N3CCC(N=O)C3)s2)cc1C#N. The van der Waals surface area contributed by atoms with E-state index in [0.717, 1.165) is 47.8 Å². The average Bonchev–Trinajstić information content (AvgIpc) is 3.57. The summed E-state index contributed by atoms with van der Waals surface area (Å²) in [5.74, 6) is 0.605. The number of rotatable bonds is 6. The van der Waals surface area contributed by atoms with Gasteiger partial charge in [0.2, 0.25) is 0 Å². The highest BCUT2D eigenvalue weighted by atomic mass is 32.1. The van der Waals surface area contributed by atoms with Crippen molar-refractivity contribution in [3.05, 3.63) is 64.2 Å². The van der Waals surface area contributed by atoms with Crippen LogP contribution >= 0.6 is 11.3 Å². The van der Waals surface area contributed by atoms with Gasteiger partial charge in [0, 0.05) is 30.9 Å². The molecule has 0 amide bonds. The van der Waals surface area contributed by atoms with Crippen LogP contribution in [0.4, 0.5) is 0 Å². The van der Waals surface area contributed by atoms with Gasteiger partial charge in [-0.25, -0.2) is 4.98 Å². The van der Waals surface area contributed by atoms with Crippen LogP contribution in [-0.4, -0.2) is 35.1 Å². The second-order valence-electron chi connectivity index (χ2n) is 8.99. The van der Waals surface area contributed by atoms with Gasteiger partial charge in [-0.05, 0) is 68.0 Å². The minimum Gasteiger partial charge on any atom is -0.490 e. The van der Waals surface area contributed by atoms with E-state index in [9.17, 15) is 10.2 Å². The molecule has 168 valence electrons. The Morgan fingerprint density at radius 1 is 1.27 bits per heavy atom.